The van der Waals surface area contributed by atoms with Crippen molar-refractivity contribution in [1.29, 1.82) is 0 Å². The van der Waals surface area contributed by atoms with Gasteiger partial charge in [0.25, 0.3) is 0 Å². The molecule has 1 aromatic carbocycles. The maximum Gasteiger partial charge on any atom is 0.178 e. The predicted octanol–water partition coefficient (Wildman–Crippen LogP) is 2.30. The number of nitrogens with one attached hydrogen (secondary N) is 1. The van der Waals surface area contributed by atoms with Crippen molar-refractivity contribution < 1.29 is 12.8 Å². The zero-order valence-electron chi connectivity index (χ0n) is 9.33. The molecule has 0 aliphatic carbocycles. The first kappa shape index (κ1) is 13.9. The van der Waals surface area contributed by atoms with Crippen LogP contribution in [0.15, 0.2) is 23.1 Å². The summed E-state index contributed by atoms with van der Waals surface area (Å²) in [5, 5.41) is 2.71. The van der Waals surface area contributed by atoms with E-state index in [0.717, 1.165) is 12.3 Å². The molecule has 0 saturated heterocycles. The molecule has 0 amide bonds. The van der Waals surface area contributed by atoms with E-state index in [1.54, 1.807) is 7.05 Å². The Balaban J connectivity index is 0.000000921. The van der Waals surface area contributed by atoms with Gasteiger partial charge in [0.15, 0.2) is 9.84 Å². The first-order valence-electron chi connectivity index (χ1n) is 4.62. The number of hydrogen-bond acceptors (Lipinski definition) is 3. The third-order valence-corrected chi connectivity index (χ3v) is 2.75. The fraction of sp³-hybridized carbons (Fsp3) is 0.400. The largest absolute Gasteiger partial charge is 0.388 e. The Bertz CT molecular complexity index is 415. The summed E-state index contributed by atoms with van der Waals surface area (Å²) in [7, 11) is -1.83. The number of hydrogen-bond donors (Lipinski definition) is 1. The van der Waals surface area contributed by atoms with Crippen LogP contribution in [0, 0.1) is 5.82 Å². The van der Waals surface area contributed by atoms with Crippen molar-refractivity contribution in [3.8, 4) is 0 Å². The third kappa shape index (κ3) is 3.87. The Morgan fingerprint density at radius 3 is 2.13 bits per heavy atom. The van der Waals surface area contributed by atoms with Gasteiger partial charge in [0.05, 0.1) is 0 Å². The van der Waals surface area contributed by atoms with Crippen LogP contribution in [0.2, 0.25) is 0 Å². The summed E-state index contributed by atoms with van der Waals surface area (Å²) in [6.07, 6.45) is 0.977. The highest BCUT2D eigenvalue weighted by Crippen LogP contribution is 2.18. The molecule has 5 heteroatoms. The molecule has 0 aliphatic heterocycles. The lowest BCUT2D eigenvalue weighted by molar-refractivity contribution is 0.571. The van der Waals surface area contributed by atoms with E-state index in [1.807, 2.05) is 13.8 Å². The Morgan fingerprint density at radius 2 is 1.80 bits per heavy atom. The Kier molecular flexibility index (Phi) is 5.28. The van der Waals surface area contributed by atoms with Gasteiger partial charge in [0.2, 0.25) is 0 Å². The second-order valence-corrected chi connectivity index (χ2v) is 4.65. The van der Waals surface area contributed by atoms with Gasteiger partial charge in [-0.1, -0.05) is 13.8 Å². The van der Waals surface area contributed by atoms with Gasteiger partial charge in [0.1, 0.15) is 10.7 Å². The molecule has 0 atom stereocenters. The van der Waals surface area contributed by atoms with Crippen LogP contribution in [-0.2, 0) is 9.84 Å². The van der Waals surface area contributed by atoms with Gasteiger partial charge in [0, 0.05) is 19.0 Å². The van der Waals surface area contributed by atoms with E-state index in [-0.39, 0.29) is 4.90 Å². The van der Waals surface area contributed by atoms with Gasteiger partial charge in [-0.05, 0) is 18.2 Å². The van der Waals surface area contributed by atoms with Crippen LogP contribution < -0.4 is 5.32 Å². The lowest BCUT2D eigenvalue weighted by Gasteiger charge is -2.03. The third-order valence-electron chi connectivity index (χ3n) is 1.62. The van der Waals surface area contributed by atoms with Crippen molar-refractivity contribution in [1.82, 2.24) is 0 Å². The second kappa shape index (κ2) is 5.70. The van der Waals surface area contributed by atoms with Crippen LogP contribution in [0.5, 0.6) is 0 Å². The summed E-state index contributed by atoms with van der Waals surface area (Å²) in [4.78, 5) is -0.272. The van der Waals surface area contributed by atoms with E-state index in [4.69, 9.17) is 0 Å². The molecule has 0 fully saturated rings. The summed E-state index contributed by atoms with van der Waals surface area (Å²) in [6.45, 7) is 4.00. The minimum Gasteiger partial charge on any atom is -0.388 e. The van der Waals surface area contributed by atoms with Crippen molar-refractivity contribution in [3.63, 3.8) is 0 Å². The van der Waals surface area contributed by atoms with E-state index in [0.29, 0.717) is 5.69 Å². The quantitative estimate of drug-likeness (QED) is 0.852. The van der Waals surface area contributed by atoms with E-state index >= 15 is 0 Å². The van der Waals surface area contributed by atoms with Crippen LogP contribution in [-0.4, -0.2) is 21.7 Å². The smallest absolute Gasteiger partial charge is 0.178 e. The number of sulfone groups is 1. The molecule has 0 heterocycles. The standard InChI is InChI=1S/C8H10FNO2S.C2H6/c1-10-6-3-4-8(7(9)5-6)13(2,11)12;1-2/h3-5,10H,1-2H3;1-2H3. The molecule has 0 unspecified atom stereocenters. The molecule has 0 aromatic heterocycles. The van der Waals surface area contributed by atoms with Crippen molar-refractivity contribution >= 4 is 15.5 Å². The van der Waals surface area contributed by atoms with Crippen LogP contribution in [0.1, 0.15) is 13.8 Å². The summed E-state index contributed by atoms with van der Waals surface area (Å²) in [5.74, 6) is -0.727. The van der Waals surface area contributed by atoms with Crippen molar-refractivity contribution in [3.05, 3.63) is 24.0 Å². The molecular weight excluding hydrogens is 217 g/mol. The lowest BCUT2D eigenvalue weighted by Crippen LogP contribution is -2.01. The lowest BCUT2D eigenvalue weighted by atomic mass is 10.3. The fourth-order valence-electron chi connectivity index (χ4n) is 0.957. The molecule has 0 radical (unpaired) electrons. The van der Waals surface area contributed by atoms with Crippen LogP contribution in [0.25, 0.3) is 0 Å². The van der Waals surface area contributed by atoms with E-state index < -0.39 is 15.7 Å². The highest BCUT2D eigenvalue weighted by molar-refractivity contribution is 7.90. The first-order valence-corrected chi connectivity index (χ1v) is 6.51. The monoisotopic (exact) mass is 233 g/mol. The van der Waals surface area contributed by atoms with E-state index in [2.05, 4.69) is 5.32 Å². The van der Waals surface area contributed by atoms with E-state index in [1.165, 1.54) is 12.1 Å². The highest BCUT2D eigenvalue weighted by atomic mass is 32.2. The Hall–Kier alpha value is -1.10. The predicted molar refractivity (Wildman–Crippen MR) is 60.4 cm³/mol. The number of benzene rings is 1. The van der Waals surface area contributed by atoms with Gasteiger partial charge >= 0.3 is 0 Å². The van der Waals surface area contributed by atoms with Crippen LogP contribution in [0.3, 0.4) is 0 Å². The number of rotatable bonds is 2. The molecule has 1 aromatic rings. The molecule has 3 nitrogen and oxygen atoms in total. The number of halogens is 1. The number of anilines is 1. The maximum absolute atomic E-state index is 13.1. The minimum atomic E-state index is -3.46. The summed E-state index contributed by atoms with van der Waals surface area (Å²) in [6, 6.07) is 3.91. The molecule has 0 saturated carbocycles. The van der Waals surface area contributed by atoms with Crippen LogP contribution >= 0.6 is 0 Å². The molecule has 0 aliphatic rings. The van der Waals surface area contributed by atoms with Crippen molar-refractivity contribution in [2.45, 2.75) is 18.7 Å². The minimum absolute atomic E-state index is 0.272. The first-order chi connectivity index (χ1) is 6.95. The topological polar surface area (TPSA) is 46.2 Å². The van der Waals surface area contributed by atoms with E-state index in [9.17, 15) is 12.8 Å². The molecule has 1 N–H and O–H groups in total. The molecular formula is C10H16FNO2S. The maximum atomic E-state index is 13.1. The molecule has 86 valence electrons. The van der Waals surface area contributed by atoms with Gasteiger partial charge in [-0.3, -0.25) is 0 Å². The summed E-state index contributed by atoms with van der Waals surface area (Å²) in [5.41, 5.74) is 0.546. The summed E-state index contributed by atoms with van der Waals surface area (Å²) >= 11 is 0. The normalized spacial score (nSPS) is 10.2. The average Bonchev–Trinajstić information content (AvgIpc) is 2.18. The highest BCUT2D eigenvalue weighted by Gasteiger charge is 2.12. The zero-order chi connectivity index (χ0) is 12.1. The zero-order valence-corrected chi connectivity index (χ0v) is 10.2. The van der Waals surface area contributed by atoms with Crippen molar-refractivity contribution in [2.24, 2.45) is 0 Å². The van der Waals surface area contributed by atoms with Gasteiger partial charge < -0.3 is 5.32 Å². The molecule has 0 spiro atoms. The SMILES string of the molecule is CC.CNc1ccc(S(C)(=O)=O)c(F)c1. The second-order valence-electron chi connectivity index (χ2n) is 2.67. The molecule has 15 heavy (non-hydrogen) atoms. The van der Waals surface area contributed by atoms with Gasteiger partial charge in [-0.2, -0.15) is 0 Å². The Morgan fingerprint density at radius 1 is 1.27 bits per heavy atom. The van der Waals surface area contributed by atoms with Gasteiger partial charge in [-0.15, -0.1) is 0 Å². The Labute approximate surface area is 90.2 Å². The van der Waals surface area contributed by atoms with Crippen molar-refractivity contribution in [2.75, 3.05) is 18.6 Å². The summed E-state index contributed by atoms with van der Waals surface area (Å²) < 4.78 is 35.1. The average molecular weight is 233 g/mol. The van der Waals surface area contributed by atoms with Gasteiger partial charge in [-0.25, -0.2) is 12.8 Å². The molecule has 0 bridgehead atoms. The fourth-order valence-corrected chi connectivity index (χ4v) is 1.69. The molecule has 1 rings (SSSR count). The van der Waals surface area contributed by atoms with Crippen LogP contribution in [0.4, 0.5) is 10.1 Å².